The Labute approximate surface area is 111 Å². The Bertz CT molecular complexity index is 546. The van der Waals surface area contributed by atoms with Crippen LogP contribution in [0.1, 0.15) is 28.8 Å². The number of ketones is 1. The summed E-state index contributed by atoms with van der Waals surface area (Å²) in [6.45, 7) is 1.97. The Balaban J connectivity index is 2.33. The predicted molar refractivity (Wildman–Crippen MR) is 70.9 cm³/mol. The van der Waals surface area contributed by atoms with Gasteiger partial charge in [-0.25, -0.2) is 0 Å². The Hall–Kier alpha value is -2.36. The van der Waals surface area contributed by atoms with Crippen molar-refractivity contribution < 1.29 is 14.3 Å². The third-order valence-electron chi connectivity index (χ3n) is 2.80. The molecule has 0 bridgehead atoms. The van der Waals surface area contributed by atoms with Gasteiger partial charge >= 0.3 is 5.97 Å². The summed E-state index contributed by atoms with van der Waals surface area (Å²) in [5.74, 6) is -1.68. The topological polar surface area (TPSA) is 59.2 Å². The van der Waals surface area contributed by atoms with Crippen molar-refractivity contribution in [1.29, 1.82) is 0 Å². The number of hydrogen-bond acceptors (Lipinski definition) is 3. The first-order valence-corrected chi connectivity index (χ1v) is 6.12. The highest BCUT2D eigenvalue weighted by molar-refractivity contribution is 6.12. The van der Waals surface area contributed by atoms with Gasteiger partial charge < -0.3 is 9.72 Å². The average Bonchev–Trinajstić information content (AvgIpc) is 2.94. The molecule has 19 heavy (non-hydrogen) atoms. The maximum Gasteiger partial charge on any atom is 0.321 e. The molecule has 0 radical (unpaired) electrons. The molecule has 0 saturated carbocycles. The minimum atomic E-state index is -0.909. The number of carbonyl (C=O) groups is 2. The van der Waals surface area contributed by atoms with Crippen LogP contribution in [0.5, 0.6) is 0 Å². The third-order valence-corrected chi connectivity index (χ3v) is 2.80. The summed E-state index contributed by atoms with van der Waals surface area (Å²) >= 11 is 0. The van der Waals surface area contributed by atoms with E-state index in [9.17, 15) is 9.59 Å². The van der Waals surface area contributed by atoms with Crippen molar-refractivity contribution in [1.82, 2.24) is 4.98 Å². The summed E-state index contributed by atoms with van der Waals surface area (Å²) in [4.78, 5) is 27.3. The number of carbonyl (C=O) groups excluding carboxylic acids is 2. The number of nitrogens with one attached hydrogen (secondary N) is 1. The summed E-state index contributed by atoms with van der Waals surface area (Å²) in [6.07, 6.45) is 3.32. The van der Waals surface area contributed by atoms with Crippen LogP contribution in [-0.2, 0) is 9.53 Å². The van der Waals surface area contributed by atoms with E-state index in [-0.39, 0.29) is 12.4 Å². The van der Waals surface area contributed by atoms with E-state index in [0.29, 0.717) is 11.1 Å². The Morgan fingerprint density at radius 2 is 1.95 bits per heavy atom. The quantitative estimate of drug-likeness (QED) is 0.508. The second kappa shape index (κ2) is 6.00. The van der Waals surface area contributed by atoms with E-state index < -0.39 is 11.9 Å². The van der Waals surface area contributed by atoms with Crippen molar-refractivity contribution in [2.24, 2.45) is 0 Å². The molecule has 0 aliphatic rings. The lowest BCUT2D eigenvalue weighted by Crippen LogP contribution is -2.24. The molecule has 0 amide bonds. The van der Waals surface area contributed by atoms with Crippen LogP contribution in [0.25, 0.3) is 0 Å². The van der Waals surface area contributed by atoms with Crippen molar-refractivity contribution in [3.05, 3.63) is 59.9 Å². The van der Waals surface area contributed by atoms with Gasteiger partial charge in [-0.2, -0.15) is 0 Å². The van der Waals surface area contributed by atoms with Crippen molar-refractivity contribution in [2.75, 3.05) is 6.61 Å². The minimum Gasteiger partial charge on any atom is -0.465 e. The minimum absolute atomic E-state index is 0.251. The molecule has 1 unspecified atom stereocenters. The molecular weight excluding hydrogens is 242 g/mol. The molecule has 0 aliphatic heterocycles. The maximum absolute atomic E-state index is 12.4. The number of Topliss-reactive ketones (excluding diaryl/α,β-unsaturated/α-hetero) is 1. The fourth-order valence-electron chi connectivity index (χ4n) is 1.91. The summed E-state index contributed by atoms with van der Waals surface area (Å²) in [7, 11) is 0. The lowest BCUT2D eigenvalue weighted by atomic mass is 9.92. The number of rotatable bonds is 5. The maximum atomic E-state index is 12.4. The highest BCUT2D eigenvalue weighted by Gasteiger charge is 2.30. The molecule has 1 aromatic heterocycles. The molecule has 0 fully saturated rings. The van der Waals surface area contributed by atoms with Crippen molar-refractivity contribution in [3.8, 4) is 0 Å². The molecule has 4 heteroatoms. The Morgan fingerprint density at radius 3 is 2.53 bits per heavy atom. The molecule has 0 aliphatic carbocycles. The molecule has 4 nitrogen and oxygen atoms in total. The van der Waals surface area contributed by atoms with Crippen molar-refractivity contribution >= 4 is 11.8 Å². The number of aromatic nitrogens is 1. The van der Waals surface area contributed by atoms with Gasteiger partial charge in [-0.05, 0) is 18.6 Å². The van der Waals surface area contributed by atoms with Crippen LogP contribution in [0.15, 0.2) is 48.8 Å². The average molecular weight is 257 g/mol. The van der Waals surface area contributed by atoms with E-state index >= 15 is 0 Å². The molecule has 1 aromatic carbocycles. The van der Waals surface area contributed by atoms with Crippen LogP contribution in [0.2, 0.25) is 0 Å². The molecule has 98 valence electrons. The normalized spacial score (nSPS) is 11.8. The second-order valence-corrected chi connectivity index (χ2v) is 4.06. The second-order valence-electron chi connectivity index (χ2n) is 4.06. The van der Waals surface area contributed by atoms with Crippen LogP contribution in [0, 0.1) is 0 Å². The highest BCUT2D eigenvalue weighted by atomic mass is 16.5. The number of benzene rings is 1. The van der Waals surface area contributed by atoms with Crippen molar-refractivity contribution in [2.45, 2.75) is 12.8 Å². The van der Waals surface area contributed by atoms with E-state index in [4.69, 9.17) is 4.74 Å². The number of esters is 1. The highest BCUT2D eigenvalue weighted by Crippen LogP contribution is 2.22. The Kier molecular flexibility index (Phi) is 4.13. The first-order valence-electron chi connectivity index (χ1n) is 6.12. The lowest BCUT2D eigenvalue weighted by molar-refractivity contribution is -0.143. The molecule has 2 rings (SSSR count). The summed E-state index contributed by atoms with van der Waals surface area (Å²) < 4.78 is 5.00. The SMILES string of the molecule is CCOC(=O)C(C(=O)c1ccccc1)c1cc[nH]c1. The van der Waals surface area contributed by atoms with Gasteiger partial charge in [0.15, 0.2) is 5.78 Å². The van der Waals surface area contributed by atoms with Gasteiger partial charge in [-0.3, -0.25) is 9.59 Å². The van der Waals surface area contributed by atoms with E-state index in [1.54, 1.807) is 49.6 Å². The molecule has 1 N–H and O–H groups in total. The first-order chi connectivity index (χ1) is 9.24. The summed E-state index contributed by atoms with van der Waals surface area (Å²) in [5.41, 5.74) is 1.12. The molecule has 0 spiro atoms. The lowest BCUT2D eigenvalue weighted by Gasteiger charge is -2.13. The summed E-state index contributed by atoms with van der Waals surface area (Å²) in [5, 5.41) is 0. The van der Waals surface area contributed by atoms with Gasteiger partial charge in [0.1, 0.15) is 5.92 Å². The van der Waals surface area contributed by atoms with Gasteiger partial charge in [-0.1, -0.05) is 30.3 Å². The Morgan fingerprint density at radius 1 is 1.21 bits per heavy atom. The predicted octanol–water partition coefficient (Wildman–Crippen LogP) is 2.54. The van der Waals surface area contributed by atoms with E-state index in [0.717, 1.165) is 0 Å². The number of H-pyrrole nitrogens is 1. The van der Waals surface area contributed by atoms with Crippen LogP contribution in [0.4, 0.5) is 0 Å². The first kappa shape index (κ1) is 13.1. The van der Waals surface area contributed by atoms with Crippen molar-refractivity contribution in [3.63, 3.8) is 0 Å². The molecule has 1 atom stereocenters. The van der Waals surface area contributed by atoms with E-state index in [1.807, 2.05) is 6.07 Å². The molecule has 1 heterocycles. The molecular formula is C15H15NO3. The van der Waals surface area contributed by atoms with E-state index in [1.165, 1.54) is 0 Å². The largest absolute Gasteiger partial charge is 0.465 e. The van der Waals surface area contributed by atoms with Crippen LogP contribution < -0.4 is 0 Å². The van der Waals surface area contributed by atoms with Crippen LogP contribution in [-0.4, -0.2) is 23.3 Å². The van der Waals surface area contributed by atoms with Crippen LogP contribution in [0.3, 0.4) is 0 Å². The van der Waals surface area contributed by atoms with Gasteiger partial charge in [-0.15, -0.1) is 0 Å². The number of ether oxygens (including phenoxy) is 1. The fourth-order valence-corrected chi connectivity index (χ4v) is 1.91. The smallest absolute Gasteiger partial charge is 0.321 e. The monoisotopic (exact) mass is 257 g/mol. The van der Waals surface area contributed by atoms with Gasteiger partial charge in [0, 0.05) is 18.0 Å². The summed E-state index contributed by atoms with van der Waals surface area (Å²) in [6, 6.07) is 10.5. The molecule has 0 saturated heterocycles. The van der Waals surface area contributed by atoms with Gasteiger partial charge in [0.05, 0.1) is 6.61 Å². The zero-order valence-electron chi connectivity index (χ0n) is 10.6. The zero-order chi connectivity index (χ0) is 13.7. The molecule has 2 aromatic rings. The zero-order valence-corrected chi connectivity index (χ0v) is 10.6. The number of hydrogen-bond donors (Lipinski definition) is 1. The third kappa shape index (κ3) is 2.91. The van der Waals surface area contributed by atoms with Crippen LogP contribution >= 0.6 is 0 Å². The van der Waals surface area contributed by atoms with Gasteiger partial charge in [0.2, 0.25) is 0 Å². The van der Waals surface area contributed by atoms with Gasteiger partial charge in [0.25, 0.3) is 0 Å². The fraction of sp³-hybridized carbons (Fsp3) is 0.200. The van der Waals surface area contributed by atoms with E-state index in [2.05, 4.69) is 4.98 Å². The standard InChI is InChI=1S/C15H15NO3/c1-2-19-15(18)13(12-8-9-16-10-12)14(17)11-6-4-3-5-7-11/h3-10,13,16H,2H2,1H3. The number of aromatic amines is 1.